The van der Waals surface area contributed by atoms with Crippen molar-refractivity contribution >= 4 is 29.6 Å². The van der Waals surface area contributed by atoms with E-state index < -0.39 is 18.3 Å². The van der Waals surface area contributed by atoms with E-state index >= 15 is 0 Å². The van der Waals surface area contributed by atoms with E-state index in [4.69, 9.17) is 14.0 Å². The van der Waals surface area contributed by atoms with Crippen LogP contribution in [0, 0.1) is 0 Å². The second-order valence-corrected chi connectivity index (χ2v) is 11.1. The molecule has 1 aromatic carbocycles. The Balaban J connectivity index is 1.29. The van der Waals surface area contributed by atoms with E-state index in [0.29, 0.717) is 17.8 Å². The van der Waals surface area contributed by atoms with E-state index in [9.17, 15) is 4.79 Å². The highest BCUT2D eigenvalue weighted by Crippen LogP contribution is 2.36. The van der Waals surface area contributed by atoms with Crippen LogP contribution in [0.5, 0.6) is 0 Å². The molecule has 3 aliphatic rings. The Hall–Kier alpha value is -2.33. The van der Waals surface area contributed by atoms with Crippen molar-refractivity contribution in [2.45, 2.75) is 57.9 Å². The van der Waals surface area contributed by atoms with Gasteiger partial charge < -0.3 is 28.8 Å². The standard InChI is InChI=1S/C26H37BN4O4/c1-18-14-30(22-16-33-17-22)11-12-31(18)21-9-7-20(8-10-21)28-23-13-19(15-29(6)24(23)32)27-34-25(2,3)26(4,5)35-27/h7-10,13,15,18,22,28H,11-12,14,16-17H2,1-6H3/t18-/m0/s1. The number of rotatable bonds is 5. The number of pyridine rings is 1. The number of nitrogens with one attached hydrogen (secondary N) is 1. The minimum Gasteiger partial charge on any atom is -0.399 e. The molecule has 0 aliphatic carbocycles. The van der Waals surface area contributed by atoms with Crippen LogP contribution in [0.15, 0.2) is 41.3 Å². The van der Waals surface area contributed by atoms with Crippen molar-refractivity contribution in [1.82, 2.24) is 9.47 Å². The molecule has 0 amide bonds. The number of ether oxygens (including phenoxy) is 1. The summed E-state index contributed by atoms with van der Waals surface area (Å²) in [6, 6.07) is 11.2. The summed E-state index contributed by atoms with van der Waals surface area (Å²) in [7, 11) is 1.23. The smallest absolute Gasteiger partial charge is 0.399 e. The van der Waals surface area contributed by atoms with Gasteiger partial charge in [0.1, 0.15) is 5.69 Å². The van der Waals surface area contributed by atoms with E-state index in [1.54, 1.807) is 17.8 Å². The number of benzene rings is 1. The molecule has 9 heteroatoms. The van der Waals surface area contributed by atoms with Gasteiger partial charge in [-0.25, -0.2) is 0 Å². The Morgan fingerprint density at radius 2 is 1.69 bits per heavy atom. The van der Waals surface area contributed by atoms with Crippen LogP contribution >= 0.6 is 0 Å². The van der Waals surface area contributed by atoms with Crippen LogP contribution < -0.4 is 21.2 Å². The van der Waals surface area contributed by atoms with Crippen LogP contribution in [0.2, 0.25) is 0 Å². The van der Waals surface area contributed by atoms with Crippen molar-refractivity contribution in [2.24, 2.45) is 7.05 Å². The van der Waals surface area contributed by atoms with Gasteiger partial charge in [0, 0.05) is 55.8 Å². The molecule has 5 rings (SSSR count). The van der Waals surface area contributed by atoms with Gasteiger partial charge in [0.05, 0.1) is 30.5 Å². The highest BCUT2D eigenvalue weighted by molar-refractivity contribution is 6.62. The van der Waals surface area contributed by atoms with Crippen molar-refractivity contribution < 1.29 is 14.0 Å². The molecule has 35 heavy (non-hydrogen) atoms. The zero-order chi connectivity index (χ0) is 25.0. The second kappa shape index (κ2) is 8.96. The predicted molar refractivity (Wildman–Crippen MR) is 140 cm³/mol. The van der Waals surface area contributed by atoms with Crippen LogP contribution in [-0.4, -0.2) is 72.7 Å². The van der Waals surface area contributed by atoms with Crippen molar-refractivity contribution in [3.8, 4) is 0 Å². The largest absolute Gasteiger partial charge is 0.496 e. The molecule has 2 aromatic rings. The van der Waals surface area contributed by atoms with Gasteiger partial charge in [-0.1, -0.05) is 0 Å². The first kappa shape index (κ1) is 24.4. The molecule has 188 valence electrons. The molecule has 1 N–H and O–H groups in total. The average molecular weight is 480 g/mol. The van der Waals surface area contributed by atoms with Crippen LogP contribution in [-0.2, 0) is 21.1 Å². The van der Waals surface area contributed by atoms with Gasteiger partial charge in [0.2, 0.25) is 0 Å². The van der Waals surface area contributed by atoms with Gasteiger partial charge in [-0.2, -0.15) is 0 Å². The summed E-state index contributed by atoms with van der Waals surface area (Å²) in [6.45, 7) is 15.2. The van der Waals surface area contributed by atoms with Crippen LogP contribution in [0.3, 0.4) is 0 Å². The van der Waals surface area contributed by atoms with E-state index in [2.05, 4.69) is 34.2 Å². The topological polar surface area (TPSA) is 68.2 Å². The molecule has 1 atom stereocenters. The first-order chi connectivity index (χ1) is 16.5. The molecule has 0 radical (unpaired) electrons. The maximum atomic E-state index is 12.9. The molecule has 0 saturated carbocycles. The lowest BCUT2D eigenvalue weighted by molar-refractivity contribution is -0.0691. The maximum Gasteiger partial charge on any atom is 0.496 e. The van der Waals surface area contributed by atoms with Gasteiger partial charge in [0.15, 0.2) is 0 Å². The molecule has 3 fully saturated rings. The molecular formula is C26H37BN4O4. The van der Waals surface area contributed by atoms with Crippen molar-refractivity contribution in [3.63, 3.8) is 0 Å². The molecular weight excluding hydrogens is 443 g/mol. The van der Waals surface area contributed by atoms with Gasteiger partial charge in [0.25, 0.3) is 5.56 Å². The number of aromatic nitrogens is 1. The number of nitrogens with zero attached hydrogens (tertiary/aromatic N) is 3. The van der Waals surface area contributed by atoms with E-state index in [1.165, 1.54) is 5.69 Å². The van der Waals surface area contributed by atoms with Gasteiger partial charge >= 0.3 is 7.12 Å². The fourth-order valence-electron chi connectivity index (χ4n) is 4.96. The molecule has 0 bridgehead atoms. The summed E-state index contributed by atoms with van der Waals surface area (Å²) >= 11 is 0. The molecule has 8 nitrogen and oxygen atoms in total. The zero-order valence-electron chi connectivity index (χ0n) is 21.7. The van der Waals surface area contributed by atoms with Gasteiger partial charge in [-0.3, -0.25) is 9.69 Å². The summed E-state index contributed by atoms with van der Waals surface area (Å²) in [5.41, 5.74) is 2.40. The SMILES string of the molecule is C[C@H]1CN(C2COC2)CCN1c1ccc(Nc2cc(B3OC(C)(C)C(C)(C)O3)cn(C)c2=O)cc1. The maximum absolute atomic E-state index is 12.9. The Morgan fingerprint density at radius 3 is 2.26 bits per heavy atom. The summed E-state index contributed by atoms with van der Waals surface area (Å²) in [6.07, 6.45) is 1.79. The minimum absolute atomic E-state index is 0.0981. The summed E-state index contributed by atoms with van der Waals surface area (Å²) in [5.74, 6) is 0. The van der Waals surface area contributed by atoms with Crippen molar-refractivity contribution in [1.29, 1.82) is 0 Å². The molecule has 3 aliphatic heterocycles. The first-order valence-corrected chi connectivity index (χ1v) is 12.6. The number of anilines is 3. The van der Waals surface area contributed by atoms with Crippen molar-refractivity contribution in [3.05, 3.63) is 46.9 Å². The highest BCUT2D eigenvalue weighted by Gasteiger charge is 2.52. The van der Waals surface area contributed by atoms with Crippen LogP contribution in [0.1, 0.15) is 34.6 Å². The van der Waals surface area contributed by atoms with Crippen LogP contribution in [0.25, 0.3) is 0 Å². The summed E-state index contributed by atoms with van der Waals surface area (Å²) < 4.78 is 19.3. The number of hydrogen-bond donors (Lipinski definition) is 1. The Kier molecular flexibility index (Phi) is 6.24. The number of hydrogen-bond acceptors (Lipinski definition) is 7. The lowest BCUT2D eigenvalue weighted by atomic mass is 9.80. The third kappa shape index (κ3) is 4.62. The third-order valence-electron chi connectivity index (χ3n) is 8.00. The predicted octanol–water partition coefficient (Wildman–Crippen LogP) is 2.34. The molecule has 0 spiro atoms. The summed E-state index contributed by atoms with van der Waals surface area (Å²) in [5, 5.41) is 3.31. The Labute approximate surface area is 208 Å². The summed E-state index contributed by atoms with van der Waals surface area (Å²) in [4.78, 5) is 17.9. The lowest BCUT2D eigenvalue weighted by Gasteiger charge is -2.46. The third-order valence-corrected chi connectivity index (χ3v) is 8.00. The Morgan fingerprint density at radius 1 is 1.03 bits per heavy atom. The molecule has 3 saturated heterocycles. The second-order valence-electron chi connectivity index (χ2n) is 11.1. The fraction of sp³-hybridized carbons (Fsp3) is 0.577. The van der Waals surface area contributed by atoms with Gasteiger partial charge in [-0.05, 0) is 65.0 Å². The minimum atomic E-state index is -0.527. The van der Waals surface area contributed by atoms with E-state index in [-0.39, 0.29) is 5.56 Å². The fourth-order valence-corrected chi connectivity index (χ4v) is 4.96. The van der Waals surface area contributed by atoms with E-state index in [1.807, 2.05) is 45.9 Å². The lowest BCUT2D eigenvalue weighted by Crippen LogP contribution is -2.59. The van der Waals surface area contributed by atoms with Crippen LogP contribution in [0.4, 0.5) is 17.1 Å². The van der Waals surface area contributed by atoms with Gasteiger partial charge in [-0.15, -0.1) is 0 Å². The zero-order valence-corrected chi connectivity index (χ0v) is 21.7. The first-order valence-electron chi connectivity index (χ1n) is 12.6. The van der Waals surface area contributed by atoms with Crippen molar-refractivity contribution in [2.75, 3.05) is 43.1 Å². The monoisotopic (exact) mass is 480 g/mol. The molecule has 4 heterocycles. The normalized spacial score (nSPS) is 24.5. The van der Waals surface area contributed by atoms with E-state index in [0.717, 1.165) is 44.0 Å². The Bertz CT molecular complexity index is 1110. The molecule has 0 unspecified atom stereocenters. The highest BCUT2D eigenvalue weighted by atomic mass is 16.7. The quantitative estimate of drug-likeness (QED) is 0.659. The molecule has 1 aromatic heterocycles. The average Bonchev–Trinajstić information content (AvgIpc) is 2.98. The number of aryl methyl sites for hydroxylation is 1. The number of piperazine rings is 1.